The van der Waals surface area contributed by atoms with E-state index in [1.165, 1.54) is 64.3 Å². The number of rotatable bonds is 5. The molecule has 3 N–H and O–H groups in total. The first-order chi connectivity index (χ1) is 10.2. The van der Waals surface area contributed by atoms with Crippen LogP contribution in [0.1, 0.15) is 64.7 Å². The van der Waals surface area contributed by atoms with Crippen LogP contribution in [0, 0.1) is 11.8 Å². The van der Waals surface area contributed by atoms with Crippen LogP contribution in [0.4, 0.5) is 0 Å². The molecule has 3 heteroatoms. The van der Waals surface area contributed by atoms with Crippen LogP contribution in [-0.2, 0) is 0 Å². The second-order valence-electron chi connectivity index (χ2n) is 6.98. The van der Waals surface area contributed by atoms with E-state index < -0.39 is 0 Å². The first-order valence-corrected chi connectivity index (χ1v) is 9.22. The lowest BCUT2D eigenvalue weighted by atomic mass is 9.85. The van der Waals surface area contributed by atoms with Gasteiger partial charge in [0.1, 0.15) is 0 Å². The Morgan fingerprint density at radius 3 is 1.43 bits per heavy atom. The number of hydrogen-bond donors (Lipinski definition) is 3. The van der Waals surface area contributed by atoms with Crippen molar-refractivity contribution in [3.63, 3.8) is 0 Å². The molecule has 0 aromatic rings. The van der Waals surface area contributed by atoms with Crippen molar-refractivity contribution >= 4 is 0 Å². The highest BCUT2D eigenvalue weighted by atomic mass is 14.9. The van der Waals surface area contributed by atoms with Crippen LogP contribution in [-0.4, -0.2) is 39.8 Å². The fourth-order valence-electron chi connectivity index (χ4n) is 3.80. The van der Waals surface area contributed by atoms with E-state index in [0.29, 0.717) is 0 Å². The second-order valence-corrected chi connectivity index (χ2v) is 6.98. The number of nitrogens with one attached hydrogen (secondary N) is 3. The van der Waals surface area contributed by atoms with Gasteiger partial charge < -0.3 is 16.0 Å². The van der Waals surface area contributed by atoms with Gasteiger partial charge in [0.2, 0.25) is 0 Å². The minimum atomic E-state index is 0.795. The Morgan fingerprint density at radius 1 is 0.667 bits per heavy atom. The van der Waals surface area contributed by atoms with Crippen LogP contribution in [0.2, 0.25) is 0 Å². The standard InChI is InChI=1S/C9H20N2.C9H19N/c1-10-7-8-3-5-9(11-2)6-4-8;1-3-8-4-6-9(10-2)7-5-8/h8-11H,3-7H2,1-2H3;8-10H,3-7H2,1-2H3. The minimum absolute atomic E-state index is 0.795. The molecule has 0 atom stereocenters. The zero-order valence-electron chi connectivity index (χ0n) is 14.9. The quantitative estimate of drug-likeness (QED) is 0.729. The molecule has 3 nitrogen and oxygen atoms in total. The molecule has 2 rings (SSSR count). The van der Waals surface area contributed by atoms with Crippen molar-refractivity contribution in [2.75, 3.05) is 27.7 Å². The van der Waals surface area contributed by atoms with E-state index in [0.717, 1.165) is 23.9 Å². The Bertz CT molecular complexity index is 217. The molecule has 21 heavy (non-hydrogen) atoms. The third-order valence-corrected chi connectivity index (χ3v) is 5.58. The third kappa shape index (κ3) is 7.62. The first-order valence-electron chi connectivity index (χ1n) is 9.22. The van der Waals surface area contributed by atoms with Gasteiger partial charge in [0.15, 0.2) is 0 Å². The van der Waals surface area contributed by atoms with E-state index in [4.69, 9.17) is 0 Å². The number of hydrogen-bond acceptors (Lipinski definition) is 3. The van der Waals surface area contributed by atoms with Crippen molar-refractivity contribution in [1.82, 2.24) is 16.0 Å². The molecule has 0 aromatic heterocycles. The fraction of sp³-hybridized carbons (Fsp3) is 1.00. The Kier molecular flexibility index (Phi) is 10.3. The molecule has 0 aliphatic heterocycles. The highest BCUT2D eigenvalue weighted by molar-refractivity contribution is 4.76. The van der Waals surface area contributed by atoms with Gasteiger partial charge in [0, 0.05) is 12.1 Å². The third-order valence-electron chi connectivity index (χ3n) is 5.58. The molecule has 126 valence electrons. The summed E-state index contributed by atoms with van der Waals surface area (Å²) < 4.78 is 0. The van der Waals surface area contributed by atoms with Crippen LogP contribution in [0.25, 0.3) is 0 Å². The first kappa shape index (κ1) is 18.9. The molecular weight excluding hydrogens is 258 g/mol. The van der Waals surface area contributed by atoms with Gasteiger partial charge >= 0.3 is 0 Å². The van der Waals surface area contributed by atoms with Crippen molar-refractivity contribution in [3.05, 3.63) is 0 Å². The van der Waals surface area contributed by atoms with E-state index in [9.17, 15) is 0 Å². The normalized spacial score (nSPS) is 33.1. The van der Waals surface area contributed by atoms with Gasteiger partial charge in [-0.15, -0.1) is 0 Å². The SMILES string of the molecule is CCC1CCC(NC)CC1.CNCC1CCC(NC)CC1. The second kappa shape index (κ2) is 11.4. The molecule has 2 saturated carbocycles. The lowest BCUT2D eigenvalue weighted by molar-refractivity contribution is 0.296. The Morgan fingerprint density at radius 2 is 1.10 bits per heavy atom. The Labute approximate surface area is 133 Å². The zero-order chi connectivity index (χ0) is 15.5. The van der Waals surface area contributed by atoms with E-state index in [-0.39, 0.29) is 0 Å². The van der Waals surface area contributed by atoms with Crippen LogP contribution < -0.4 is 16.0 Å². The lowest BCUT2D eigenvalue weighted by Gasteiger charge is -2.27. The topological polar surface area (TPSA) is 36.1 Å². The van der Waals surface area contributed by atoms with Crippen molar-refractivity contribution in [3.8, 4) is 0 Å². The van der Waals surface area contributed by atoms with Crippen molar-refractivity contribution in [1.29, 1.82) is 0 Å². The monoisotopic (exact) mass is 297 g/mol. The van der Waals surface area contributed by atoms with E-state index in [1.54, 1.807) is 0 Å². The van der Waals surface area contributed by atoms with E-state index >= 15 is 0 Å². The van der Waals surface area contributed by atoms with Crippen LogP contribution in [0.15, 0.2) is 0 Å². The summed E-state index contributed by atoms with van der Waals surface area (Å²) in [7, 11) is 6.20. The molecule has 0 saturated heterocycles. The summed E-state index contributed by atoms with van der Waals surface area (Å²) in [6.45, 7) is 3.51. The summed E-state index contributed by atoms with van der Waals surface area (Å²) in [5.41, 5.74) is 0. The van der Waals surface area contributed by atoms with Gasteiger partial charge in [-0.2, -0.15) is 0 Å². The predicted molar refractivity (Wildman–Crippen MR) is 93.8 cm³/mol. The van der Waals surface area contributed by atoms with Gasteiger partial charge in [-0.05, 0) is 90.9 Å². The summed E-state index contributed by atoms with van der Waals surface area (Å²) >= 11 is 0. The predicted octanol–water partition coefficient (Wildman–Crippen LogP) is 3.16. The van der Waals surface area contributed by atoms with Gasteiger partial charge in [0.25, 0.3) is 0 Å². The van der Waals surface area contributed by atoms with Crippen molar-refractivity contribution < 1.29 is 0 Å². The smallest absolute Gasteiger partial charge is 0.00642 e. The molecule has 0 bridgehead atoms. The van der Waals surface area contributed by atoms with E-state index in [1.807, 2.05) is 7.05 Å². The van der Waals surface area contributed by atoms with Crippen molar-refractivity contribution in [2.45, 2.75) is 76.8 Å². The molecule has 2 fully saturated rings. The largest absolute Gasteiger partial charge is 0.319 e. The zero-order valence-corrected chi connectivity index (χ0v) is 14.9. The molecule has 0 heterocycles. The van der Waals surface area contributed by atoms with E-state index in [2.05, 4.69) is 37.0 Å². The molecule has 2 aliphatic rings. The Hall–Kier alpha value is -0.120. The van der Waals surface area contributed by atoms with Crippen LogP contribution in [0.3, 0.4) is 0 Å². The molecule has 0 unspecified atom stereocenters. The molecule has 0 amide bonds. The molecule has 0 spiro atoms. The maximum atomic E-state index is 3.35. The maximum Gasteiger partial charge on any atom is 0.00642 e. The summed E-state index contributed by atoms with van der Waals surface area (Å²) in [5.74, 6) is 1.97. The average Bonchev–Trinajstić information content (AvgIpc) is 2.56. The maximum absolute atomic E-state index is 3.35. The van der Waals surface area contributed by atoms with Crippen molar-refractivity contribution in [2.24, 2.45) is 11.8 Å². The summed E-state index contributed by atoms with van der Waals surface area (Å²) in [4.78, 5) is 0. The summed E-state index contributed by atoms with van der Waals surface area (Å²) in [5, 5.41) is 9.94. The van der Waals surface area contributed by atoms with Gasteiger partial charge in [-0.1, -0.05) is 13.3 Å². The molecule has 0 aromatic carbocycles. The molecule has 0 radical (unpaired) electrons. The van der Waals surface area contributed by atoms with Gasteiger partial charge in [-0.25, -0.2) is 0 Å². The summed E-state index contributed by atoms with van der Waals surface area (Å²) in [6.07, 6.45) is 12.6. The van der Waals surface area contributed by atoms with Crippen LogP contribution >= 0.6 is 0 Å². The molecular formula is C18H39N3. The fourth-order valence-corrected chi connectivity index (χ4v) is 3.80. The van der Waals surface area contributed by atoms with Gasteiger partial charge in [0.05, 0.1) is 0 Å². The average molecular weight is 298 g/mol. The highest BCUT2D eigenvalue weighted by Crippen LogP contribution is 2.26. The van der Waals surface area contributed by atoms with Crippen LogP contribution in [0.5, 0.6) is 0 Å². The highest BCUT2D eigenvalue weighted by Gasteiger charge is 2.19. The summed E-state index contributed by atoms with van der Waals surface area (Å²) in [6, 6.07) is 1.62. The van der Waals surface area contributed by atoms with Gasteiger partial charge in [-0.3, -0.25) is 0 Å². The lowest BCUT2D eigenvalue weighted by Crippen LogP contribution is -2.32. The minimum Gasteiger partial charge on any atom is -0.319 e. The Balaban J connectivity index is 0.000000211. The molecule has 2 aliphatic carbocycles.